The van der Waals surface area contributed by atoms with Crippen LogP contribution in [0.4, 0.5) is 0 Å². The highest BCUT2D eigenvalue weighted by Gasteiger charge is 2.11. The molecule has 1 unspecified atom stereocenters. The summed E-state index contributed by atoms with van der Waals surface area (Å²) in [6, 6.07) is 7.86. The normalized spacial score (nSPS) is 12.2. The van der Waals surface area contributed by atoms with Crippen LogP contribution in [0, 0.1) is 6.92 Å². The number of hydrogen-bond acceptors (Lipinski definition) is 4. The maximum absolute atomic E-state index is 5.66. The number of rotatable bonds is 8. The second-order valence-electron chi connectivity index (χ2n) is 5.86. The van der Waals surface area contributed by atoms with E-state index in [0.717, 1.165) is 36.0 Å². The second kappa shape index (κ2) is 11.8. The van der Waals surface area contributed by atoms with Gasteiger partial charge < -0.3 is 19.8 Å². The number of pyridine rings is 1. The van der Waals surface area contributed by atoms with Gasteiger partial charge in [-0.15, -0.1) is 24.0 Å². The van der Waals surface area contributed by atoms with Crippen LogP contribution in [0.15, 0.2) is 39.9 Å². The molecule has 0 saturated carbocycles. The van der Waals surface area contributed by atoms with Crippen LogP contribution in [0.5, 0.6) is 5.88 Å². The number of aliphatic imine (C=N–C) groups is 1. The quantitative estimate of drug-likeness (QED) is 0.342. The molecule has 0 fully saturated rings. The van der Waals surface area contributed by atoms with Gasteiger partial charge in [0, 0.05) is 18.8 Å². The number of hydrogen-bond donors (Lipinski definition) is 2. The Labute approximate surface area is 172 Å². The highest BCUT2D eigenvalue weighted by atomic mass is 127. The van der Waals surface area contributed by atoms with Gasteiger partial charge in [-0.05, 0) is 44.9 Å². The van der Waals surface area contributed by atoms with Gasteiger partial charge in [0.25, 0.3) is 0 Å². The van der Waals surface area contributed by atoms with E-state index in [2.05, 4.69) is 27.5 Å². The summed E-state index contributed by atoms with van der Waals surface area (Å²) < 4.78 is 11.2. The average molecular weight is 472 g/mol. The third-order valence-corrected chi connectivity index (χ3v) is 3.56. The predicted octanol–water partition coefficient (Wildman–Crippen LogP) is 4.21. The Morgan fingerprint density at radius 3 is 2.65 bits per heavy atom. The molecule has 0 saturated heterocycles. The molecule has 0 aromatic carbocycles. The van der Waals surface area contributed by atoms with Crippen molar-refractivity contribution in [1.29, 1.82) is 0 Å². The van der Waals surface area contributed by atoms with Crippen molar-refractivity contribution in [2.75, 3.05) is 13.2 Å². The number of furan rings is 1. The van der Waals surface area contributed by atoms with E-state index in [1.807, 2.05) is 45.0 Å². The maximum atomic E-state index is 5.66. The molecule has 26 heavy (non-hydrogen) atoms. The Morgan fingerprint density at radius 2 is 2.08 bits per heavy atom. The summed E-state index contributed by atoms with van der Waals surface area (Å²) in [6.45, 7) is 10.1. The van der Waals surface area contributed by atoms with E-state index in [1.165, 1.54) is 0 Å². The molecule has 1 atom stereocenters. The van der Waals surface area contributed by atoms with Gasteiger partial charge in [-0.3, -0.25) is 0 Å². The molecule has 2 N–H and O–H groups in total. The van der Waals surface area contributed by atoms with Crippen molar-refractivity contribution in [3.05, 3.63) is 47.5 Å². The fourth-order valence-corrected chi connectivity index (χ4v) is 2.25. The van der Waals surface area contributed by atoms with E-state index in [1.54, 1.807) is 6.20 Å². The summed E-state index contributed by atoms with van der Waals surface area (Å²) in [4.78, 5) is 8.92. The first-order valence-electron chi connectivity index (χ1n) is 8.81. The molecule has 0 aliphatic rings. The Balaban J connectivity index is 0.00000338. The van der Waals surface area contributed by atoms with E-state index in [0.29, 0.717) is 19.0 Å². The monoisotopic (exact) mass is 472 g/mol. The van der Waals surface area contributed by atoms with Crippen LogP contribution in [0.25, 0.3) is 0 Å². The molecule has 0 amide bonds. The van der Waals surface area contributed by atoms with Crippen LogP contribution in [-0.4, -0.2) is 24.1 Å². The van der Waals surface area contributed by atoms with Gasteiger partial charge in [-0.25, -0.2) is 9.98 Å². The fourth-order valence-electron chi connectivity index (χ4n) is 2.25. The lowest BCUT2D eigenvalue weighted by Crippen LogP contribution is -2.38. The molecule has 0 spiro atoms. The molecule has 0 aliphatic carbocycles. The molecule has 2 rings (SSSR count). The van der Waals surface area contributed by atoms with Crippen molar-refractivity contribution < 1.29 is 9.15 Å². The molecule has 0 bridgehead atoms. The first kappa shape index (κ1) is 22.3. The highest BCUT2D eigenvalue weighted by Crippen LogP contribution is 2.15. The number of ether oxygens (including phenoxy) is 1. The number of nitrogens with one attached hydrogen (secondary N) is 2. The Hall–Kier alpha value is -1.77. The van der Waals surface area contributed by atoms with Crippen molar-refractivity contribution in [3.63, 3.8) is 0 Å². The lowest BCUT2D eigenvalue weighted by atomic mass is 10.2. The summed E-state index contributed by atoms with van der Waals surface area (Å²) in [5.74, 6) is 3.20. The maximum Gasteiger partial charge on any atom is 0.213 e. The van der Waals surface area contributed by atoms with Crippen molar-refractivity contribution >= 4 is 29.9 Å². The van der Waals surface area contributed by atoms with E-state index in [9.17, 15) is 0 Å². The van der Waals surface area contributed by atoms with Crippen LogP contribution in [0.3, 0.4) is 0 Å². The third-order valence-electron chi connectivity index (χ3n) is 3.56. The van der Waals surface area contributed by atoms with Gasteiger partial charge in [-0.1, -0.05) is 13.0 Å². The van der Waals surface area contributed by atoms with Crippen LogP contribution in [0.1, 0.15) is 50.3 Å². The Morgan fingerprint density at radius 1 is 1.27 bits per heavy atom. The molecular weight excluding hydrogens is 443 g/mol. The van der Waals surface area contributed by atoms with Gasteiger partial charge in [0.15, 0.2) is 5.96 Å². The van der Waals surface area contributed by atoms with Crippen LogP contribution < -0.4 is 15.4 Å². The van der Waals surface area contributed by atoms with Crippen LogP contribution >= 0.6 is 24.0 Å². The summed E-state index contributed by atoms with van der Waals surface area (Å²) in [5, 5.41) is 6.61. The SMILES string of the molecule is CCCOc1ccc(CN=C(NCC)NC(C)c2ccc(C)o2)cn1.I. The first-order chi connectivity index (χ1) is 12.1. The van der Waals surface area contributed by atoms with Crippen molar-refractivity contribution in [2.24, 2.45) is 4.99 Å². The van der Waals surface area contributed by atoms with Gasteiger partial charge in [-0.2, -0.15) is 0 Å². The Kier molecular flexibility index (Phi) is 10.1. The largest absolute Gasteiger partial charge is 0.478 e. The molecule has 2 aromatic rings. The zero-order valence-corrected chi connectivity index (χ0v) is 18.2. The number of nitrogens with zero attached hydrogens (tertiary/aromatic N) is 2. The molecular formula is C19H29IN4O2. The van der Waals surface area contributed by atoms with Gasteiger partial charge in [0.1, 0.15) is 11.5 Å². The van der Waals surface area contributed by atoms with E-state index < -0.39 is 0 Å². The minimum absolute atomic E-state index is 0. The standard InChI is InChI=1S/C19H28N4O2.HI/c1-5-11-24-18-10-8-16(12-21-18)13-22-19(20-6-2)23-15(4)17-9-7-14(3)25-17;/h7-10,12,15H,5-6,11,13H2,1-4H3,(H2,20,22,23);1H. The highest BCUT2D eigenvalue weighted by molar-refractivity contribution is 14.0. The number of halogens is 1. The molecule has 144 valence electrons. The molecule has 2 heterocycles. The molecule has 7 heteroatoms. The fraction of sp³-hybridized carbons (Fsp3) is 0.474. The van der Waals surface area contributed by atoms with Crippen LogP contribution in [0.2, 0.25) is 0 Å². The molecule has 0 aliphatic heterocycles. The van der Waals surface area contributed by atoms with Gasteiger partial charge in [0.05, 0.1) is 19.2 Å². The number of aromatic nitrogens is 1. The van der Waals surface area contributed by atoms with E-state index in [4.69, 9.17) is 9.15 Å². The summed E-state index contributed by atoms with van der Waals surface area (Å²) in [7, 11) is 0. The predicted molar refractivity (Wildman–Crippen MR) is 115 cm³/mol. The summed E-state index contributed by atoms with van der Waals surface area (Å²) >= 11 is 0. The van der Waals surface area contributed by atoms with Gasteiger partial charge >= 0.3 is 0 Å². The Bertz CT molecular complexity index is 670. The minimum Gasteiger partial charge on any atom is -0.478 e. The number of aryl methyl sites for hydroxylation is 1. The van der Waals surface area contributed by atoms with E-state index >= 15 is 0 Å². The van der Waals surface area contributed by atoms with Crippen molar-refractivity contribution in [3.8, 4) is 5.88 Å². The smallest absolute Gasteiger partial charge is 0.213 e. The topological polar surface area (TPSA) is 71.7 Å². The van der Waals surface area contributed by atoms with Crippen molar-refractivity contribution in [1.82, 2.24) is 15.6 Å². The summed E-state index contributed by atoms with van der Waals surface area (Å²) in [5.41, 5.74) is 1.03. The second-order valence-corrected chi connectivity index (χ2v) is 5.86. The third kappa shape index (κ3) is 7.23. The van der Waals surface area contributed by atoms with Crippen LogP contribution in [-0.2, 0) is 6.54 Å². The summed E-state index contributed by atoms with van der Waals surface area (Å²) in [6.07, 6.45) is 2.77. The molecule has 0 radical (unpaired) electrons. The van der Waals surface area contributed by atoms with Gasteiger partial charge in [0.2, 0.25) is 5.88 Å². The molecule has 6 nitrogen and oxygen atoms in total. The lowest BCUT2D eigenvalue weighted by molar-refractivity contribution is 0.305. The molecule has 2 aromatic heterocycles. The minimum atomic E-state index is 0. The number of guanidine groups is 1. The first-order valence-corrected chi connectivity index (χ1v) is 8.81. The lowest BCUT2D eigenvalue weighted by Gasteiger charge is -2.16. The average Bonchev–Trinajstić information content (AvgIpc) is 3.05. The zero-order chi connectivity index (χ0) is 18.1. The van der Waals surface area contributed by atoms with Crippen molar-refractivity contribution in [2.45, 2.75) is 46.7 Å². The van der Waals surface area contributed by atoms with E-state index in [-0.39, 0.29) is 30.0 Å². The zero-order valence-electron chi connectivity index (χ0n) is 15.9.